The number of hydrogen-bond donors (Lipinski definition) is 1. The summed E-state index contributed by atoms with van der Waals surface area (Å²) in [7, 11) is 0. The Bertz CT molecular complexity index is 1030. The second-order valence-electron chi connectivity index (χ2n) is 10.0. The lowest BCUT2D eigenvalue weighted by Gasteiger charge is -2.28. The van der Waals surface area contributed by atoms with Gasteiger partial charge >= 0.3 is 12.1 Å². The zero-order valence-corrected chi connectivity index (χ0v) is 19.9. The number of likely N-dealkylation sites (tertiary alicyclic amines) is 2. The quantitative estimate of drug-likeness (QED) is 0.652. The number of carbonyl (C=O) groups excluding carboxylic acids is 1. The van der Waals surface area contributed by atoms with Crippen LogP contribution in [-0.4, -0.2) is 68.7 Å². The van der Waals surface area contributed by atoms with E-state index < -0.39 is 12.1 Å². The summed E-state index contributed by atoms with van der Waals surface area (Å²) in [5.74, 6) is -0.556. The molecule has 2 saturated heterocycles. The number of aromatic nitrogens is 2. The van der Waals surface area contributed by atoms with Crippen molar-refractivity contribution in [2.75, 3.05) is 26.2 Å². The van der Waals surface area contributed by atoms with Crippen molar-refractivity contribution in [3.05, 3.63) is 42.4 Å². The SMILES string of the molecule is CC(C)n1cnc(C2CN(Cc3ccco3)CC23CCN(CC2CC2)C3=O)c1.O=C(O)C(F)(F)F. The molecule has 3 fully saturated rings. The molecular weight excluding hydrogens is 465 g/mol. The van der Waals surface area contributed by atoms with E-state index in [1.54, 1.807) is 6.26 Å². The number of rotatable bonds is 6. The number of alkyl halides is 3. The van der Waals surface area contributed by atoms with Crippen molar-refractivity contribution < 1.29 is 32.3 Å². The second kappa shape index (κ2) is 9.67. The zero-order valence-electron chi connectivity index (χ0n) is 19.9. The van der Waals surface area contributed by atoms with E-state index in [2.05, 4.69) is 34.4 Å². The van der Waals surface area contributed by atoms with E-state index in [1.807, 2.05) is 18.5 Å². The van der Waals surface area contributed by atoms with Gasteiger partial charge in [-0.05, 0) is 51.2 Å². The van der Waals surface area contributed by atoms with Gasteiger partial charge in [-0.15, -0.1) is 0 Å². The number of furan rings is 1. The van der Waals surface area contributed by atoms with Crippen molar-refractivity contribution >= 4 is 11.9 Å². The molecule has 1 spiro atoms. The average Bonchev–Trinajstić information content (AvgIpc) is 3.18. The first-order valence-corrected chi connectivity index (χ1v) is 11.9. The summed E-state index contributed by atoms with van der Waals surface area (Å²) in [4.78, 5) is 31.8. The van der Waals surface area contributed by atoms with E-state index in [0.717, 1.165) is 56.5 Å². The highest BCUT2D eigenvalue weighted by Crippen LogP contribution is 2.50. The van der Waals surface area contributed by atoms with E-state index in [4.69, 9.17) is 19.3 Å². The number of hydrogen-bond acceptors (Lipinski definition) is 5. The number of halogens is 3. The molecule has 2 aromatic rings. The minimum absolute atomic E-state index is 0.152. The molecule has 3 aliphatic rings. The second-order valence-corrected chi connectivity index (χ2v) is 10.0. The van der Waals surface area contributed by atoms with Gasteiger partial charge in [-0.1, -0.05) is 0 Å². The van der Waals surface area contributed by atoms with Crippen molar-refractivity contribution in [2.24, 2.45) is 11.3 Å². The van der Waals surface area contributed by atoms with Crippen molar-refractivity contribution in [2.45, 2.75) is 57.8 Å². The van der Waals surface area contributed by atoms with Crippen LogP contribution in [0.25, 0.3) is 0 Å². The minimum Gasteiger partial charge on any atom is -0.475 e. The molecule has 4 heterocycles. The van der Waals surface area contributed by atoms with Crippen LogP contribution in [0.1, 0.15) is 56.5 Å². The van der Waals surface area contributed by atoms with Gasteiger partial charge in [0, 0.05) is 44.3 Å². The predicted molar refractivity (Wildman–Crippen MR) is 119 cm³/mol. The Labute approximate surface area is 201 Å². The summed E-state index contributed by atoms with van der Waals surface area (Å²) >= 11 is 0. The predicted octanol–water partition coefficient (Wildman–Crippen LogP) is 3.92. The monoisotopic (exact) mass is 496 g/mol. The van der Waals surface area contributed by atoms with E-state index in [9.17, 15) is 18.0 Å². The van der Waals surface area contributed by atoms with Gasteiger partial charge in [-0.3, -0.25) is 9.69 Å². The van der Waals surface area contributed by atoms with Gasteiger partial charge in [-0.2, -0.15) is 13.2 Å². The molecule has 2 aromatic heterocycles. The van der Waals surface area contributed by atoms with Crippen molar-refractivity contribution in [3.8, 4) is 0 Å². The Kier molecular flexibility index (Phi) is 6.99. The van der Waals surface area contributed by atoms with Gasteiger partial charge < -0.3 is 19.0 Å². The van der Waals surface area contributed by atoms with Crippen LogP contribution in [0.5, 0.6) is 0 Å². The largest absolute Gasteiger partial charge is 0.490 e. The molecule has 5 rings (SSSR count). The summed E-state index contributed by atoms with van der Waals surface area (Å²) in [6, 6.07) is 4.33. The van der Waals surface area contributed by atoms with Crippen LogP contribution in [0.4, 0.5) is 13.2 Å². The Morgan fingerprint density at radius 2 is 2.06 bits per heavy atom. The standard InChI is InChI=1S/C22H30N4O2.C2HF3O2/c1-16(2)26-13-20(23-15-26)19-12-24(11-18-4-3-9-28-18)14-22(19)7-8-25(21(22)27)10-17-5-6-17;3-2(4,5)1(6)7/h3-4,9,13,15-17,19H,5-8,10-12,14H2,1-2H3;(H,6,7). The molecule has 0 radical (unpaired) electrons. The first kappa shape index (κ1) is 25.3. The highest BCUT2D eigenvalue weighted by Gasteiger charge is 2.58. The number of imidazole rings is 1. The molecule has 192 valence electrons. The molecule has 1 amide bonds. The third kappa shape index (κ3) is 5.55. The first-order valence-electron chi connectivity index (χ1n) is 11.9. The fraction of sp³-hybridized carbons (Fsp3) is 0.625. The third-order valence-electron chi connectivity index (χ3n) is 7.11. The van der Waals surface area contributed by atoms with Crippen LogP contribution in [0.15, 0.2) is 35.3 Å². The van der Waals surface area contributed by atoms with Crippen LogP contribution < -0.4 is 0 Å². The third-order valence-corrected chi connectivity index (χ3v) is 7.11. The molecule has 35 heavy (non-hydrogen) atoms. The summed E-state index contributed by atoms with van der Waals surface area (Å²) in [6.07, 6.45) is 4.22. The molecule has 1 saturated carbocycles. The number of aliphatic carboxylic acids is 1. The van der Waals surface area contributed by atoms with Crippen molar-refractivity contribution in [1.29, 1.82) is 0 Å². The molecule has 2 aliphatic heterocycles. The van der Waals surface area contributed by atoms with E-state index in [1.165, 1.54) is 12.8 Å². The topological polar surface area (TPSA) is 91.8 Å². The van der Waals surface area contributed by atoms with Crippen LogP contribution in [0, 0.1) is 11.3 Å². The minimum atomic E-state index is -5.08. The number of carboxylic acid groups (broad SMARTS) is 1. The number of carboxylic acids is 1. The van der Waals surface area contributed by atoms with E-state index in [0.29, 0.717) is 11.9 Å². The normalized spacial score (nSPS) is 24.9. The van der Waals surface area contributed by atoms with Crippen LogP contribution >= 0.6 is 0 Å². The molecule has 1 N–H and O–H groups in total. The Balaban J connectivity index is 0.000000364. The molecule has 0 aromatic carbocycles. The maximum atomic E-state index is 13.6. The number of nitrogens with zero attached hydrogens (tertiary/aromatic N) is 4. The van der Waals surface area contributed by atoms with Gasteiger partial charge in [-0.25, -0.2) is 9.78 Å². The Hall–Kier alpha value is -2.82. The Morgan fingerprint density at radius 3 is 2.60 bits per heavy atom. The van der Waals surface area contributed by atoms with E-state index in [-0.39, 0.29) is 11.3 Å². The summed E-state index contributed by atoms with van der Waals surface area (Å²) in [6.45, 7) is 8.59. The average molecular weight is 497 g/mol. The lowest BCUT2D eigenvalue weighted by molar-refractivity contribution is -0.192. The van der Waals surface area contributed by atoms with E-state index >= 15 is 0 Å². The molecule has 2 atom stereocenters. The van der Waals surface area contributed by atoms with Crippen molar-refractivity contribution in [3.63, 3.8) is 0 Å². The maximum Gasteiger partial charge on any atom is 0.490 e. The fourth-order valence-electron chi connectivity index (χ4n) is 5.06. The molecule has 2 unspecified atom stereocenters. The van der Waals surface area contributed by atoms with Gasteiger partial charge in [0.05, 0.1) is 30.2 Å². The molecule has 11 heteroatoms. The summed E-state index contributed by atoms with van der Waals surface area (Å²) in [5.41, 5.74) is 0.731. The zero-order chi connectivity index (χ0) is 25.4. The van der Waals surface area contributed by atoms with Crippen molar-refractivity contribution in [1.82, 2.24) is 19.4 Å². The first-order chi connectivity index (χ1) is 16.5. The van der Waals surface area contributed by atoms with Crippen LogP contribution in [0.2, 0.25) is 0 Å². The number of amides is 1. The Morgan fingerprint density at radius 1 is 1.34 bits per heavy atom. The summed E-state index contributed by atoms with van der Waals surface area (Å²) in [5, 5.41) is 7.12. The highest BCUT2D eigenvalue weighted by atomic mass is 19.4. The number of carbonyl (C=O) groups is 2. The lowest BCUT2D eigenvalue weighted by Crippen LogP contribution is -2.40. The molecular formula is C24H31F3N4O4. The van der Waals surface area contributed by atoms with Crippen LogP contribution in [-0.2, 0) is 16.1 Å². The maximum absolute atomic E-state index is 13.6. The highest BCUT2D eigenvalue weighted by molar-refractivity contribution is 5.87. The van der Waals surface area contributed by atoms with Gasteiger partial charge in [0.15, 0.2) is 0 Å². The lowest BCUT2D eigenvalue weighted by atomic mass is 9.75. The molecule has 8 nitrogen and oxygen atoms in total. The smallest absolute Gasteiger partial charge is 0.475 e. The molecule has 0 bridgehead atoms. The fourth-order valence-corrected chi connectivity index (χ4v) is 5.06. The summed E-state index contributed by atoms with van der Waals surface area (Å²) < 4.78 is 39.5. The molecule has 1 aliphatic carbocycles. The van der Waals surface area contributed by atoms with Crippen LogP contribution in [0.3, 0.4) is 0 Å². The van der Waals surface area contributed by atoms with Gasteiger partial charge in [0.1, 0.15) is 5.76 Å². The van der Waals surface area contributed by atoms with Gasteiger partial charge in [0.25, 0.3) is 0 Å². The van der Waals surface area contributed by atoms with Gasteiger partial charge in [0.2, 0.25) is 5.91 Å².